The van der Waals surface area contributed by atoms with E-state index in [2.05, 4.69) is 4.98 Å². The van der Waals surface area contributed by atoms with Gasteiger partial charge in [0.05, 0.1) is 12.7 Å². The molecule has 0 saturated carbocycles. The summed E-state index contributed by atoms with van der Waals surface area (Å²) >= 11 is 0. The number of nitrogens with one attached hydrogen (secondary N) is 1. The number of carboxylic acid groups (broad SMARTS) is 4. The number of aliphatic carboxylic acids is 4. The summed E-state index contributed by atoms with van der Waals surface area (Å²) in [6.45, 7) is 4.38. The van der Waals surface area contributed by atoms with E-state index < -0.39 is 60.8 Å². The van der Waals surface area contributed by atoms with Gasteiger partial charge in [0, 0.05) is 23.5 Å². The molecule has 0 radical (unpaired) electrons. The maximum absolute atomic E-state index is 10.6. The Morgan fingerprint density at radius 3 is 1.55 bits per heavy atom. The minimum absolute atomic E-state index is 0.0208. The van der Waals surface area contributed by atoms with Crippen molar-refractivity contribution in [2.24, 2.45) is 28.9 Å². The molecule has 1 aromatic carbocycles. The molecule has 0 saturated heterocycles. The lowest BCUT2D eigenvalue weighted by atomic mass is 10.1. The van der Waals surface area contributed by atoms with Gasteiger partial charge in [0.1, 0.15) is 24.2 Å². The Labute approximate surface area is 219 Å². The van der Waals surface area contributed by atoms with E-state index in [9.17, 15) is 19.2 Å². The van der Waals surface area contributed by atoms with Crippen molar-refractivity contribution in [3.05, 3.63) is 36.0 Å². The Morgan fingerprint density at radius 2 is 1.26 bits per heavy atom. The summed E-state index contributed by atoms with van der Waals surface area (Å²) in [6, 6.07) is 3.92. The van der Waals surface area contributed by atoms with Crippen molar-refractivity contribution in [1.29, 1.82) is 0 Å². The van der Waals surface area contributed by atoms with Gasteiger partial charge in [0.2, 0.25) is 0 Å². The number of rotatable bonds is 9. The fraction of sp³-hybridized carbons (Fsp3) is 0.478. The van der Waals surface area contributed by atoms with Crippen molar-refractivity contribution in [1.82, 2.24) is 4.98 Å². The molecule has 0 fully saturated rings. The maximum Gasteiger partial charge on any atom is 0.323 e. The second-order valence-corrected chi connectivity index (χ2v) is 8.35. The van der Waals surface area contributed by atoms with Crippen LogP contribution < -0.4 is 22.9 Å². The summed E-state index contributed by atoms with van der Waals surface area (Å²) in [5.41, 5.74) is 22.3. The van der Waals surface area contributed by atoms with Crippen LogP contribution in [0.15, 0.2) is 30.5 Å². The number of aromatic nitrogens is 1. The highest BCUT2D eigenvalue weighted by Crippen LogP contribution is 2.18. The number of fused-ring (bicyclic) bond motifs is 1. The Kier molecular flexibility index (Phi) is 17.9. The highest BCUT2D eigenvalue weighted by atomic mass is 16.4. The zero-order chi connectivity index (χ0) is 30.2. The summed E-state index contributed by atoms with van der Waals surface area (Å²) < 4.78 is 0. The first kappa shape index (κ1) is 36.6. The molecule has 216 valence electrons. The number of hydrogen-bond acceptors (Lipinski definition) is 10. The van der Waals surface area contributed by atoms with E-state index in [0.29, 0.717) is 6.42 Å². The van der Waals surface area contributed by atoms with Crippen molar-refractivity contribution in [3.8, 4) is 0 Å². The largest absolute Gasteiger partial charge is 0.480 e. The van der Waals surface area contributed by atoms with E-state index >= 15 is 0 Å². The smallest absolute Gasteiger partial charge is 0.323 e. The molecule has 5 atom stereocenters. The Morgan fingerprint density at radius 1 is 0.789 bits per heavy atom. The van der Waals surface area contributed by atoms with Crippen LogP contribution in [0.25, 0.3) is 10.9 Å². The fourth-order valence-corrected chi connectivity index (χ4v) is 2.19. The summed E-state index contributed by atoms with van der Waals surface area (Å²) in [7, 11) is 0. The molecule has 5 unspecified atom stereocenters. The SMILES string of the molecule is CC(C)C(N)C(=O)O.CC(O)C(N)C(=O)O.NC(CO)C(=O)O.NC(Cc1c[nH]c2ccccc12)C(=O)O. The fourth-order valence-electron chi connectivity index (χ4n) is 2.19. The van der Waals surface area contributed by atoms with E-state index in [1.54, 1.807) is 13.8 Å². The third-order valence-corrected chi connectivity index (χ3v) is 4.75. The number of nitrogens with two attached hydrogens (primary N) is 4. The molecular formula is C23H39N5O10. The number of para-hydroxylation sites is 1. The van der Waals surface area contributed by atoms with E-state index in [4.69, 9.17) is 53.6 Å². The molecule has 1 aromatic heterocycles. The van der Waals surface area contributed by atoms with Crippen molar-refractivity contribution in [3.63, 3.8) is 0 Å². The zero-order valence-corrected chi connectivity index (χ0v) is 21.4. The number of aliphatic hydroxyl groups is 2. The van der Waals surface area contributed by atoms with E-state index in [1.165, 1.54) is 6.92 Å². The van der Waals surface area contributed by atoms with Crippen LogP contribution in [0.4, 0.5) is 0 Å². The van der Waals surface area contributed by atoms with Crippen LogP contribution >= 0.6 is 0 Å². The quantitative estimate of drug-likeness (QED) is 0.168. The molecule has 0 aliphatic heterocycles. The molecule has 0 bridgehead atoms. The highest BCUT2D eigenvalue weighted by Gasteiger charge is 2.16. The van der Waals surface area contributed by atoms with Gasteiger partial charge in [-0.1, -0.05) is 32.0 Å². The first-order valence-corrected chi connectivity index (χ1v) is 11.2. The third kappa shape index (κ3) is 14.8. The van der Waals surface area contributed by atoms with Crippen LogP contribution in [0, 0.1) is 5.92 Å². The van der Waals surface area contributed by atoms with Crippen molar-refractivity contribution < 1.29 is 49.8 Å². The molecule has 0 aliphatic carbocycles. The molecule has 0 spiro atoms. The average Bonchev–Trinajstić information content (AvgIpc) is 3.25. The number of aromatic amines is 1. The average molecular weight is 546 g/mol. The minimum atomic E-state index is -1.18. The monoisotopic (exact) mass is 545 g/mol. The predicted molar refractivity (Wildman–Crippen MR) is 138 cm³/mol. The Bertz CT molecular complexity index is 987. The van der Waals surface area contributed by atoms with E-state index in [1.807, 2.05) is 30.5 Å². The summed E-state index contributed by atoms with van der Waals surface area (Å²) in [4.78, 5) is 43.2. The van der Waals surface area contributed by atoms with Gasteiger partial charge >= 0.3 is 23.9 Å². The van der Waals surface area contributed by atoms with Gasteiger partial charge in [0.15, 0.2) is 0 Å². The van der Waals surface area contributed by atoms with Gasteiger partial charge in [-0.25, -0.2) is 0 Å². The molecule has 0 amide bonds. The molecule has 38 heavy (non-hydrogen) atoms. The predicted octanol–water partition coefficient (Wildman–Crippen LogP) is -1.65. The Hall–Kier alpha value is -3.60. The molecule has 0 aliphatic rings. The topological polar surface area (TPSA) is 310 Å². The van der Waals surface area contributed by atoms with Gasteiger partial charge in [-0.15, -0.1) is 0 Å². The number of aliphatic hydroxyl groups excluding tert-OH is 2. The lowest BCUT2D eigenvalue weighted by molar-refractivity contribution is -0.141. The van der Waals surface area contributed by atoms with Crippen LogP contribution in [0.5, 0.6) is 0 Å². The molecule has 2 rings (SSSR count). The lowest BCUT2D eigenvalue weighted by Gasteiger charge is -2.07. The van der Waals surface area contributed by atoms with E-state index in [-0.39, 0.29) is 5.92 Å². The summed E-state index contributed by atoms with van der Waals surface area (Å²) in [5.74, 6) is -4.24. The maximum atomic E-state index is 10.6. The normalized spacial score (nSPS) is 14.2. The van der Waals surface area contributed by atoms with Gasteiger partial charge in [0.25, 0.3) is 0 Å². The van der Waals surface area contributed by atoms with Crippen LogP contribution in [-0.4, -0.2) is 96.4 Å². The number of hydrogen-bond donors (Lipinski definition) is 11. The van der Waals surface area contributed by atoms with E-state index in [0.717, 1.165) is 16.5 Å². The van der Waals surface area contributed by atoms with Crippen LogP contribution in [-0.2, 0) is 25.6 Å². The van der Waals surface area contributed by atoms with Crippen LogP contribution in [0.3, 0.4) is 0 Å². The second kappa shape index (κ2) is 18.6. The molecule has 15 N–H and O–H groups in total. The molecular weight excluding hydrogens is 506 g/mol. The van der Waals surface area contributed by atoms with Crippen molar-refractivity contribution in [2.75, 3.05) is 6.61 Å². The number of carboxylic acids is 4. The summed E-state index contributed by atoms with van der Waals surface area (Å²) in [6.07, 6.45) is 1.18. The lowest BCUT2D eigenvalue weighted by Crippen LogP contribution is -2.39. The van der Waals surface area contributed by atoms with Crippen LogP contribution in [0.2, 0.25) is 0 Å². The highest BCUT2D eigenvalue weighted by molar-refractivity contribution is 5.84. The Balaban J connectivity index is 0. The summed E-state index contributed by atoms with van der Waals surface area (Å²) in [5, 5.41) is 50.4. The van der Waals surface area contributed by atoms with Crippen molar-refractivity contribution >= 4 is 34.8 Å². The molecule has 1 heterocycles. The second-order valence-electron chi connectivity index (χ2n) is 8.35. The zero-order valence-electron chi connectivity index (χ0n) is 21.4. The third-order valence-electron chi connectivity index (χ3n) is 4.75. The molecule has 15 nitrogen and oxygen atoms in total. The number of benzene rings is 1. The molecule has 2 aromatic rings. The minimum Gasteiger partial charge on any atom is -0.480 e. The first-order chi connectivity index (χ1) is 17.5. The van der Waals surface area contributed by atoms with Gasteiger partial charge in [-0.2, -0.15) is 0 Å². The van der Waals surface area contributed by atoms with Crippen molar-refractivity contribution in [2.45, 2.75) is 57.5 Å². The first-order valence-electron chi connectivity index (χ1n) is 11.2. The number of H-pyrrole nitrogens is 1. The van der Waals surface area contributed by atoms with Gasteiger partial charge < -0.3 is 58.6 Å². The van der Waals surface area contributed by atoms with Gasteiger partial charge in [-0.3, -0.25) is 19.2 Å². The van der Waals surface area contributed by atoms with Gasteiger partial charge in [-0.05, 0) is 24.5 Å². The standard InChI is InChI=1S/C11H12N2O2.C5H11NO2.C4H9NO3.C3H7NO3/c12-9(11(14)15)5-7-6-13-10-4-2-1-3-8(7)10;1-3(2)4(6)5(7)8;1-2(6)3(5)4(7)8;4-2(1-5)3(6)7/h1-4,6,9,13H,5,12H2,(H,14,15);3-4H,6H2,1-2H3,(H,7,8);2-3,6H,5H2,1H3,(H,7,8);2,5H,1,4H2,(H,6,7). The molecule has 15 heteroatoms. The number of carbonyl (C=O) groups is 4. The van der Waals surface area contributed by atoms with Crippen LogP contribution in [0.1, 0.15) is 26.3 Å².